The quantitative estimate of drug-likeness (QED) is 0.664. The molecule has 2 aliphatic heterocycles. The molecule has 0 radical (unpaired) electrons. The molecule has 1 N–H and O–H groups in total. The van der Waals surface area contributed by atoms with Gasteiger partial charge in [0.25, 0.3) is 0 Å². The van der Waals surface area contributed by atoms with Crippen LogP contribution >= 0.6 is 0 Å². The fourth-order valence-corrected chi connectivity index (χ4v) is 5.12. The number of piperidine rings is 1. The van der Waals surface area contributed by atoms with Crippen LogP contribution in [0.3, 0.4) is 0 Å². The SMILES string of the molecule is COc1ccc(S(=O)(=O)NCC(c2ccc3c(c2)OCO3)N2CCCCC2)cc1OC. The van der Waals surface area contributed by atoms with Crippen molar-refractivity contribution < 1.29 is 27.4 Å². The van der Waals surface area contributed by atoms with E-state index in [0.29, 0.717) is 23.0 Å². The van der Waals surface area contributed by atoms with E-state index in [9.17, 15) is 8.42 Å². The number of ether oxygens (including phenoxy) is 4. The van der Waals surface area contributed by atoms with E-state index >= 15 is 0 Å². The summed E-state index contributed by atoms with van der Waals surface area (Å²) in [5.41, 5.74) is 1.00. The standard InChI is InChI=1S/C22H28N2O6S/c1-27-19-9-7-17(13-21(19)28-2)31(25,26)23-14-18(24-10-4-3-5-11-24)16-6-8-20-22(12-16)30-15-29-20/h6-9,12-13,18,23H,3-5,10-11,14-15H2,1-2H3. The third-order valence-corrected chi connectivity index (χ3v) is 7.17. The highest BCUT2D eigenvalue weighted by molar-refractivity contribution is 7.89. The lowest BCUT2D eigenvalue weighted by molar-refractivity contribution is 0.164. The van der Waals surface area contributed by atoms with E-state index in [2.05, 4.69) is 9.62 Å². The molecule has 1 atom stereocenters. The van der Waals surface area contributed by atoms with Crippen LogP contribution in [0, 0.1) is 0 Å². The van der Waals surface area contributed by atoms with Gasteiger partial charge in [0, 0.05) is 18.7 Å². The Morgan fingerprint density at radius 3 is 2.45 bits per heavy atom. The van der Waals surface area contributed by atoms with Crippen LogP contribution in [0.5, 0.6) is 23.0 Å². The molecule has 0 spiro atoms. The van der Waals surface area contributed by atoms with E-state index in [4.69, 9.17) is 18.9 Å². The summed E-state index contributed by atoms with van der Waals surface area (Å²) >= 11 is 0. The number of sulfonamides is 1. The lowest BCUT2D eigenvalue weighted by atomic mass is 10.0. The Hall–Kier alpha value is -2.49. The van der Waals surface area contributed by atoms with Crippen LogP contribution in [0.2, 0.25) is 0 Å². The molecule has 0 saturated carbocycles. The minimum absolute atomic E-state index is 0.107. The predicted molar refractivity (Wildman–Crippen MR) is 115 cm³/mol. The smallest absolute Gasteiger partial charge is 0.240 e. The van der Waals surface area contributed by atoms with Crippen LogP contribution in [-0.4, -0.2) is 54.0 Å². The van der Waals surface area contributed by atoms with Crippen molar-refractivity contribution in [2.45, 2.75) is 30.2 Å². The van der Waals surface area contributed by atoms with Crippen LogP contribution < -0.4 is 23.7 Å². The normalized spacial score (nSPS) is 17.4. The minimum atomic E-state index is -3.74. The average Bonchev–Trinajstić information content (AvgIpc) is 3.27. The van der Waals surface area contributed by atoms with Crippen molar-refractivity contribution in [2.75, 3.05) is 40.6 Å². The fourth-order valence-electron chi connectivity index (χ4n) is 4.06. The number of hydrogen-bond acceptors (Lipinski definition) is 7. The van der Waals surface area contributed by atoms with E-state index in [1.54, 1.807) is 6.07 Å². The average molecular weight is 449 g/mol. The monoisotopic (exact) mass is 448 g/mol. The molecule has 2 heterocycles. The van der Waals surface area contributed by atoms with Crippen molar-refractivity contribution in [3.63, 3.8) is 0 Å². The second-order valence-electron chi connectivity index (χ2n) is 7.59. The first-order valence-electron chi connectivity index (χ1n) is 10.4. The molecule has 0 amide bonds. The summed E-state index contributed by atoms with van der Waals surface area (Å²) in [6.45, 7) is 2.31. The number of benzene rings is 2. The largest absolute Gasteiger partial charge is 0.493 e. The van der Waals surface area contributed by atoms with Crippen molar-refractivity contribution in [1.82, 2.24) is 9.62 Å². The topological polar surface area (TPSA) is 86.3 Å². The summed E-state index contributed by atoms with van der Waals surface area (Å²) in [7, 11) is -0.747. The molecule has 0 aliphatic carbocycles. The summed E-state index contributed by atoms with van der Waals surface area (Å²) < 4.78 is 50.3. The van der Waals surface area contributed by atoms with Crippen LogP contribution in [0.15, 0.2) is 41.3 Å². The van der Waals surface area contributed by atoms with E-state index in [-0.39, 0.29) is 24.3 Å². The van der Waals surface area contributed by atoms with E-state index in [1.807, 2.05) is 18.2 Å². The zero-order valence-electron chi connectivity index (χ0n) is 17.8. The highest BCUT2D eigenvalue weighted by Crippen LogP contribution is 2.36. The Bertz CT molecular complexity index is 1020. The summed E-state index contributed by atoms with van der Waals surface area (Å²) in [5.74, 6) is 2.26. The lowest BCUT2D eigenvalue weighted by Crippen LogP contribution is -2.40. The Morgan fingerprint density at radius 1 is 0.968 bits per heavy atom. The zero-order valence-corrected chi connectivity index (χ0v) is 18.6. The first-order chi connectivity index (χ1) is 15.0. The van der Waals surface area contributed by atoms with Gasteiger partial charge in [-0.25, -0.2) is 13.1 Å². The van der Waals surface area contributed by atoms with Crippen molar-refractivity contribution in [3.05, 3.63) is 42.0 Å². The molecule has 0 bridgehead atoms. The van der Waals surface area contributed by atoms with Crippen molar-refractivity contribution in [1.29, 1.82) is 0 Å². The highest BCUT2D eigenvalue weighted by Gasteiger charge is 2.27. The number of fused-ring (bicyclic) bond motifs is 1. The number of nitrogens with one attached hydrogen (secondary N) is 1. The summed E-state index contributed by atoms with van der Waals surface area (Å²) in [5, 5.41) is 0. The second-order valence-corrected chi connectivity index (χ2v) is 9.36. The van der Waals surface area contributed by atoms with Gasteiger partial charge in [-0.3, -0.25) is 4.90 Å². The van der Waals surface area contributed by atoms with Gasteiger partial charge in [0.1, 0.15) is 0 Å². The molecule has 2 aromatic rings. The fraction of sp³-hybridized carbons (Fsp3) is 0.455. The maximum atomic E-state index is 13.0. The van der Waals surface area contributed by atoms with Gasteiger partial charge >= 0.3 is 0 Å². The van der Waals surface area contributed by atoms with Gasteiger partial charge in [-0.05, 0) is 55.8 Å². The van der Waals surface area contributed by atoms with Crippen molar-refractivity contribution in [2.24, 2.45) is 0 Å². The Kier molecular flexibility index (Phi) is 6.54. The lowest BCUT2D eigenvalue weighted by Gasteiger charge is -2.35. The maximum Gasteiger partial charge on any atom is 0.240 e. The minimum Gasteiger partial charge on any atom is -0.493 e. The van der Waals surface area contributed by atoms with Gasteiger partial charge in [0.2, 0.25) is 16.8 Å². The molecule has 2 aromatic carbocycles. The number of likely N-dealkylation sites (tertiary alicyclic amines) is 1. The predicted octanol–water partition coefficient (Wildman–Crippen LogP) is 2.94. The van der Waals surface area contributed by atoms with Crippen molar-refractivity contribution >= 4 is 10.0 Å². The maximum absolute atomic E-state index is 13.0. The van der Waals surface area contributed by atoms with E-state index in [1.165, 1.54) is 32.8 Å². The number of nitrogens with zero attached hydrogens (tertiary/aromatic N) is 1. The Labute approximate surface area is 183 Å². The molecule has 31 heavy (non-hydrogen) atoms. The number of hydrogen-bond donors (Lipinski definition) is 1. The Morgan fingerprint density at radius 2 is 1.71 bits per heavy atom. The van der Waals surface area contributed by atoms with Gasteiger partial charge < -0.3 is 18.9 Å². The van der Waals surface area contributed by atoms with Gasteiger partial charge in [0.05, 0.1) is 19.1 Å². The molecule has 4 rings (SSSR count). The molecule has 9 heteroatoms. The van der Waals surface area contributed by atoms with Crippen LogP contribution in [-0.2, 0) is 10.0 Å². The third-order valence-electron chi connectivity index (χ3n) is 5.74. The molecule has 168 valence electrons. The highest BCUT2D eigenvalue weighted by atomic mass is 32.2. The first kappa shape index (κ1) is 21.7. The molecule has 2 aliphatic rings. The van der Waals surface area contributed by atoms with Gasteiger partial charge in [-0.1, -0.05) is 12.5 Å². The molecule has 8 nitrogen and oxygen atoms in total. The van der Waals surface area contributed by atoms with E-state index in [0.717, 1.165) is 31.5 Å². The van der Waals surface area contributed by atoms with Crippen molar-refractivity contribution in [3.8, 4) is 23.0 Å². The molecule has 0 aromatic heterocycles. The molecule has 1 fully saturated rings. The van der Waals surface area contributed by atoms with Crippen LogP contribution in [0.25, 0.3) is 0 Å². The molecule has 1 unspecified atom stereocenters. The van der Waals surface area contributed by atoms with Gasteiger partial charge in [0.15, 0.2) is 23.0 Å². The molecular weight excluding hydrogens is 420 g/mol. The van der Waals surface area contributed by atoms with Crippen LogP contribution in [0.1, 0.15) is 30.9 Å². The second kappa shape index (κ2) is 9.33. The number of rotatable bonds is 8. The molecular formula is C22H28N2O6S. The third kappa shape index (κ3) is 4.73. The van der Waals surface area contributed by atoms with E-state index < -0.39 is 10.0 Å². The summed E-state index contributed by atoms with van der Waals surface area (Å²) in [6.07, 6.45) is 3.40. The Balaban J connectivity index is 1.57. The zero-order chi connectivity index (χ0) is 21.8. The van der Waals surface area contributed by atoms with Crippen LogP contribution in [0.4, 0.5) is 0 Å². The first-order valence-corrected chi connectivity index (χ1v) is 11.9. The van der Waals surface area contributed by atoms with Gasteiger partial charge in [-0.2, -0.15) is 0 Å². The van der Waals surface area contributed by atoms with Gasteiger partial charge in [-0.15, -0.1) is 0 Å². The summed E-state index contributed by atoms with van der Waals surface area (Å²) in [6, 6.07) is 10.3. The molecule has 1 saturated heterocycles. The number of methoxy groups -OCH3 is 2. The summed E-state index contributed by atoms with van der Waals surface area (Å²) in [4.78, 5) is 2.46.